The predicted molar refractivity (Wildman–Crippen MR) is 129 cm³/mol. The summed E-state index contributed by atoms with van der Waals surface area (Å²) in [6, 6.07) is 4.88. The molecule has 1 N–H and O–H groups in total. The van der Waals surface area contributed by atoms with Crippen molar-refractivity contribution in [3.8, 4) is 17.2 Å². The SMILES string of the molecule is CCNC(=NCCN(CC)C1CC1)N1CCN(Cc2cc(OC)c(OC)c(OC)c2)CC1. The van der Waals surface area contributed by atoms with E-state index in [1.54, 1.807) is 21.3 Å². The summed E-state index contributed by atoms with van der Waals surface area (Å²) in [4.78, 5) is 12.3. The number of ether oxygens (including phenoxy) is 3. The molecule has 1 aromatic carbocycles. The molecule has 0 amide bonds. The van der Waals surface area contributed by atoms with Crippen LogP contribution in [-0.4, -0.2) is 100 Å². The van der Waals surface area contributed by atoms with Gasteiger partial charge in [0.05, 0.1) is 27.9 Å². The summed E-state index contributed by atoms with van der Waals surface area (Å²) in [6.07, 6.45) is 2.71. The highest BCUT2D eigenvalue weighted by atomic mass is 16.5. The van der Waals surface area contributed by atoms with Crippen molar-refractivity contribution in [1.29, 1.82) is 0 Å². The van der Waals surface area contributed by atoms with Gasteiger partial charge in [0, 0.05) is 51.9 Å². The molecule has 1 saturated carbocycles. The van der Waals surface area contributed by atoms with Gasteiger partial charge in [-0.1, -0.05) is 6.92 Å². The van der Waals surface area contributed by atoms with Crippen molar-refractivity contribution in [3.05, 3.63) is 17.7 Å². The minimum absolute atomic E-state index is 0.637. The zero-order valence-electron chi connectivity index (χ0n) is 20.5. The van der Waals surface area contributed by atoms with Crippen molar-refractivity contribution < 1.29 is 14.2 Å². The van der Waals surface area contributed by atoms with Crippen LogP contribution in [0.25, 0.3) is 0 Å². The Morgan fingerprint density at radius 2 is 1.69 bits per heavy atom. The zero-order chi connectivity index (χ0) is 22.9. The number of piperazine rings is 1. The maximum absolute atomic E-state index is 5.51. The van der Waals surface area contributed by atoms with Crippen LogP contribution in [0.5, 0.6) is 17.2 Å². The van der Waals surface area contributed by atoms with Crippen LogP contribution in [0.2, 0.25) is 0 Å². The third-order valence-corrected chi connectivity index (χ3v) is 6.26. The van der Waals surface area contributed by atoms with E-state index in [-0.39, 0.29) is 0 Å². The Hall–Kier alpha value is -2.19. The van der Waals surface area contributed by atoms with Crippen LogP contribution in [0, 0.1) is 0 Å². The second kappa shape index (κ2) is 12.2. The average Bonchev–Trinajstić information content (AvgIpc) is 3.66. The monoisotopic (exact) mass is 447 g/mol. The fourth-order valence-electron chi connectivity index (χ4n) is 4.35. The number of guanidine groups is 1. The molecule has 32 heavy (non-hydrogen) atoms. The molecule has 1 aliphatic carbocycles. The Bertz CT molecular complexity index is 720. The molecule has 0 aromatic heterocycles. The first-order chi connectivity index (χ1) is 15.6. The van der Waals surface area contributed by atoms with Gasteiger partial charge in [-0.3, -0.25) is 14.8 Å². The van der Waals surface area contributed by atoms with Gasteiger partial charge in [-0.15, -0.1) is 0 Å². The molecule has 0 bridgehead atoms. The van der Waals surface area contributed by atoms with Gasteiger partial charge in [0.2, 0.25) is 5.75 Å². The Kier molecular flexibility index (Phi) is 9.29. The van der Waals surface area contributed by atoms with Gasteiger partial charge in [0.25, 0.3) is 0 Å². The normalized spacial score (nSPS) is 17.6. The summed E-state index contributed by atoms with van der Waals surface area (Å²) in [5.41, 5.74) is 1.16. The van der Waals surface area contributed by atoms with E-state index in [1.807, 2.05) is 12.1 Å². The molecule has 1 aromatic rings. The molecule has 1 aliphatic heterocycles. The molecular formula is C24H41N5O3. The van der Waals surface area contributed by atoms with Crippen LogP contribution in [0.4, 0.5) is 0 Å². The molecular weight excluding hydrogens is 406 g/mol. The highest BCUT2D eigenvalue weighted by Gasteiger charge is 2.27. The minimum atomic E-state index is 0.637. The second-order valence-corrected chi connectivity index (χ2v) is 8.39. The second-order valence-electron chi connectivity index (χ2n) is 8.39. The maximum Gasteiger partial charge on any atom is 0.203 e. The predicted octanol–water partition coefficient (Wildman–Crippen LogP) is 2.28. The summed E-state index contributed by atoms with van der Waals surface area (Å²) >= 11 is 0. The van der Waals surface area contributed by atoms with Crippen LogP contribution < -0.4 is 19.5 Å². The molecule has 0 unspecified atom stereocenters. The van der Waals surface area contributed by atoms with Crippen molar-refractivity contribution in [1.82, 2.24) is 20.0 Å². The third kappa shape index (κ3) is 6.42. The van der Waals surface area contributed by atoms with Gasteiger partial charge in [0.1, 0.15) is 0 Å². The van der Waals surface area contributed by atoms with Crippen molar-refractivity contribution in [2.75, 3.05) is 73.7 Å². The number of likely N-dealkylation sites (N-methyl/N-ethyl adjacent to an activating group) is 1. The van der Waals surface area contributed by atoms with E-state index in [4.69, 9.17) is 19.2 Å². The molecule has 2 aliphatic rings. The van der Waals surface area contributed by atoms with Crippen molar-refractivity contribution in [2.45, 2.75) is 39.3 Å². The fraction of sp³-hybridized carbons (Fsp3) is 0.708. The number of rotatable bonds is 11. The van der Waals surface area contributed by atoms with Crippen LogP contribution >= 0.6 is 0 Å². The van der Waals surface area contributed by atoms with Gasteiger partial charge in [0.15, 0.2) is 17.5 Å². The third-order valence-electron chi connectivity index (χ3n) is 6.26. The van der Waals surface area contributed by atoms with E-state index >= 15 is 0 Å². The summed E-state index contributed by atoms with van der Waals surface area (Å²) in [5.74, 6) is 3.09. The lowest BCUT2D eigenvalue weighted by molar-refractivity contribution is 0.172. The van der Waals surface area contributed by atoms with Crippen LogP contribution in [-0.2, 0) is 6.54 Å². The van der Waals surface area contributed by atoms with E-state index in [9.17, 15) is 0 Å². The number of nitrogens with zero attached hydrogens (tertiary/aromatic N) is 4. The first kappa shape index (κ1) is 24.5. The highest BCUT2D eigenvalue weighted by Crippen LogP contribution is 2.38. The maximum atomic E-state index is 5.51. The molecule has 1 saturated heterocycles. The molecule has 3 rings (SSSR count). The van der Waals surface area contributed by atoms with Gasteiger partial charge in [-0.25, -0.2) is 0 Å². The standard InChI is InChI=1S/C24H41N5O3/c1-6-25-24(26-10-11-28(7-2)20-8-9-20)29-14-12-27(13-15-29)18-19-16-21(30-3)23(32-5)22(17-19)31-4/h16-17,20H,6-15,18H2,1-5H3,(H,25,26). The average molecular weight is 448 g/mol. The number of hydrogen-bond donors (Lipinski definition) is 1. The van der Waals surface area contributed by atoms with Crippen LogP contribution in [0.15, 0.2) is 17.1 Å². The van der Waals surface area contributed by atoms with Gasteiger partial charge in [-0.2, -0.15) is 0 Å². The van der Waals surface area contributed by atoms with Crippen molar-refractivity contribution in [2.24, 2.45) is 4.99 Å². The van der Waals surface area contributed by atoms with E-state index < -0.39 is 0 Å². The lowest BCUT2D eigenvalue weighted by Crippen LogP contribution is -2.52. The number of benzene rings is 1. The van der Waals surface area contributed by atoms with Crippen LogP contribution in [0.3, 0.4) is 0 Å². The fourth-order valence-corrected chi connectivity index (χ4v) is 4.35. The first-order valence-corrected chi connectivity index (χ1v) is 11.9. The number of nitrogens with one attached hydrogen (secondary N) is 1. The summed E-state index contributed by atoms with van der Waals surface area (Å²) in [7, 11) is 4.95. The smallest absolute Gasteiger partial charge is 0.203 e. The molecule has 0 atom stereocenters. The number of methoxy groups -OCH3 is 3. The van der Waals surface area contributed by atoms with Crippen molar-refractivity contribution in [3.63, 3.8) is 0 Å². The quantitative estimate of drug-likeness (QED) is 0.412. The van der Waals surface area contributed by atoms with Crippen LogP contribution in [0.1, 0.15) is 32.3 Å². The van der Waals surface area contributed by atoms with Gasteiger partial charge >= 0.3 is 0 Å². The van der Waals surface area contributed by atoms with E-state index in [2.05, 4.69) is 33.9 Å². The molecule has 0 spiro atoms. The highest BCUT2D eigenvalue weighted by molar-refractivity contribution is 5.80. The first-order valence-electron chi connectivity index (χ1n) is 11.9. The molecule has 8 heteroatoms. The lowest BCUT2D eigenvalue weighted by Gasteiger charge is -2.36. The van der Waals surface area contributed by atoms with Crippen molar-refractivity contribution >= 4 is 5.96 Å². The Balaban J connectivity index is 1.55. The Labute approximate surface area is 193 Å². The van der Waals surface area contributed by atoms with E-state index in [0.29, 0.717) is 17.2 Å². The van der Waals surface area contributed by atoms with Gasteiger partial charge in [-0.05, 0) is 44.0 Å². The topological polar surface area (TPSA) is 61.8 Å². The molecule has 2 fully saturated rings. The molecule has 180 valence electrons. The summed E-state index contributed by atoms with van der Waals surface area (Å²) < 4.78 is 16.5. The summed E-state index contributed by atoms with van der Waals surface area (Å²) in [5, 5.41) is 3.49. The van der Waals surface area contributed by atoms with Gasteiger partial charge < -0.3 is 24.4 Å². The summed E-state index contributed by atoms with van der Waals surface area (Å²) in [6.45, 7) is 13.1. The zero-order valence-corrected chi connectivity index (χ0v) is 20.5. The Morgan fingerprint density at radius 1 is 1.03 bits per heavy atom. The van der Waals surface area contributed by atoms with E-state index in [0.717, 1.165) is 76.5 Å². The number of aliphatic imine (C=N–C) groups is 1. The van der Waals surface area contributed by atoms with E-state index in [1.165, 1.54) is 12.8 Å². The minimum Gasteiger partial charge on any atom is -0.493 e. The Morgan fingerprint density at radius 3 is 2.19 bits per heavy atom. The number of hydrogen-bond acceptors (Lipinski definition) is 6. The lowest BCUT2D eigenvalue weighted by atomic mass is 10.1. The molecule has 0 radical (unpaired) electrons. The molecule has 1 heterocycles. The molecule has 8 nitrogen and oxygen atoms in total. The largest absolute Gasteiger partial charge is 0.493 e.